The number of hydrogen-bond donors (Lipinski definition) is 2. The van der Waals surface area contributed by atoms with Crippen molar-refractivity contribution in [3.8, 4) is 16.9 Å². The lowest BCUT2D eigenvalue weighted by atomic mass is 10.0. The lowest BCUT2D eigenvalue weighted by Crippen LogP contribution is -1.87. The van der Waals surface area contributed by atoms with Crippen LogP contribution in [-0.2, 0) is 0 Å². The Bertz CT molecular complexity index is 497. The van der Waals surface area contributed by atoms with Crippen LogP contribution in [0.2, 0.25) is 0 Å². The molecule has 15 heavy (non-hydrogen) atoms. The molecule has 0 saturated carbocycles. The van der Waals surface area contributed by atoms with Crippen molar-refractivity contribution >= 4 is 5.69 Å². The number of benzene rings is 2. The van der Waals surface area contributed by atoms with Crippen molar-refractivity contribution in [3.63, 3.8) is 0 Å². The molecule has 0 amide bonds. The molecule has 0 spiro atoms. The third-order valence-electron chi connectivity index (χ3n) is 2.19. The topological polar surface area (TPSA) is 46.2 Å². The predicted molar refractivity (Wildman–Crippen MR) is 57.9 cm³/mol. The molecule has 0 aliphatic heterocycles. The minimum Gasteiger partial charge on any atom is -0.507 e. The van der Waals surface area contributed by atoms with Crippen molar-refractivity contribution in [2.45, 2.75) is 0 Å². The molecule has 3 N–H and O–H groups in total. The number of phenolic OH excluding ortho intramolecular Hbond substituents is 1. The molecule has 0 bridgehead atoms. The van der Waals surface area contributed by atoms with Gasteiger partial charge in [-0.3, -0.25) is 0 Å². The average Bonchev–Trinajstić information content (AvgIpc) is 2.20. The highest BCUT2D eigenvalue weighted by Crippen LogP contribution is 2.32. The number of hydrogen-bond acceptors (Lipinski definition) is 2. The maximum Gasteiger partial charge on any atom is 0.131 e. The van der Waals surface area contributed by atoms with E-state index in [2.05, 4.69) is 0 Å². The molecule has 0 atom stereocenters. The number of aromatic hydroxyl groups is 1. The van der Waals surface area contributed by atoms with Crippen LogP contribution >= 0.6 is 0 Å². The second kappa shape index (κ2) is 3.61. The first-order valence-electron chi connectivity index (χ1n) is 4.52. The summed E-state index contributed by atoms with van der Waals surface area (Å²) in [6.45, 7) is 0. The Morgan fingerprint density at radius 1 is 1.00 bits per heavy atom. The number of phenols is 1. The van der Waals surface area contributed by atoms with E-state index in [4.69, 9.17) is 5.73 Å². The Labute approximate surface area is 86.8 Å². The van der Waals surface area contributed by atoms with Gasteiger partial charge in [-0.25, -0.2) is 4.39 Å². The molecule has 0 saturated heterocycles. The summed E-state index contributed by atoms with van der Waals surface area (Å²) in [6, 6.07) is 10.9. The fraction of sp³-hybridized carbons (Fsp3) is 0. The average molecular weight is 203 g/mol. The third kappa shape index (κ3) is 1.76. The van der Waals surface area contributed by atoms with Crippen molar-refractivity contribution in [3.05, 3.63) is 48.3 Å². The van der Waals surface area contributed by atoms with E-state index >= 15 is 0 Å². The summed E-state index contributed by atoms with van der Waals surface area (Å²) in [4.78, 5) is 0. The Balaban J connectivity index is 2.60. The fourth-order valence-electron chi connectivity index (χ4n) is 1.46. The van der Waals surface area contributed by atoms with Gasteiger partial charge in [-0.05, 0) is 18.2 Å². The van der Waals surface area contributed by atoms with E-state index in [0.29, 0.717) is 16.8 Å². The number of anilines is 1. The second-order valence-electron chi connectivity index (χ2n) is 3.26. The molecule has 0 unspecified atom stereocenters. The van der Waals surface area contributed by atoms with Crippen LogP contribution in [0, 0.1) is 5.82 Å². The Morgan fingerprint density at radius 2 is 1.73 bits per heavy atom. The van der Waals surface area contributed by atoms with Crippen LogP contribution in [0.25, 0.3) is 11.1 Å². The summed E-state index contributed by atoms with van der Waals surface area (Å²) in [7, 11) is 0. The molecule has 76 valence electrons. The zero-order valence-corrected chi connectivity index (χ0v) is 7.94. The fourth-order valence-corrected chi connectivity index (χ4v) is 1.46. The Kier molecular flexibility index (Phi) is 2.29. The van der Waals surface area contributed by atoms with E-state index in [1.165, 1.54) is 12.1 Å². The van der Waals surface area contributed by atoms with Gasteiger partial charge in [0.2, 0.25) is 0 Å². The van der Waals surface area contributed by atoms with Gasteiger partial charge in [0.05, 0.1) is 0 Å². The highest BCUT2D eigenvalue weighted by atomic mass is 19.1. The molecule has 0 aromatic heterocycles. The number of nitrogens with two attached hydrogens (primary N) is 1. The van der Waals surface area contributed by atoms with Crippen LogP contribution in [0.5, 0.6) is 5.75 Å². The predicted octanol–water partition coefficient (Wildman–Crippen LogP) is 2.78. The quantitative estimate of drug-likeness (QED) is 0.700. The first-order chi connectivity index (χ1) is 7.18. The van der Waals surface area contributed by atoms with Crippen molar-refractivity contribution in [2.24, 2.45) is 0 Å². The van der Waals surface area contributed by atoms with Gasteiger partial charge >= 0.3 is 0 Å². The SMILES string of the molecule is Nc1ccc(-c2ccccc2F)c(O)c1. The standard InChI is InChI=1S/C12H10FNO/c13-11-4-2-1-3-9(11)10-6-5-8(14)7-12(10)15/h1-7,15H,14H2. The lowest BCUT2D eigenvalue weighted by molar-refractivity contribution is 0.477. The smallest absolute Gasteiger partial charge is 0.131 e. The molecule has 0 fully saturated rings. The number of halogens is 1. The van der Waals surface area contributed by atoms with E-state index < -0.39 is 0 Å². The van der Waals surface area contributed by atoms with E-state index in [9.17, 15) is 9.50 Å². The first kappa shape index (κ1) is 9.52. The summed E-state index contributed by atoms with van der Waals surface area (Å²) in [5.41, 5.74) is 6.76. The Morgan fingerprint density at radius 3 is 2.40 bits per heavy atom. The lowest BCUT2D eigenvalue weighted by Gasteiger charge is -2.06. The van der Waals surface area contributed by atoms with Gasteiger partial charge in [-0.15, -0.1) is 0 Å². The van der Waals surface area contributed by atoms with Crippen LogP contribution in [-0.4, -0.2) is 5.11 Å². The van der Waals surface area contributed by atoms with Gasteiger partial charge in [-0.2, -0.15) is 0 Å². The molecule has 3 heteroatoms. The van der Waals surface area contributed by atoms with Gasteiger partial charge in [-0.1, -0.05) is 18.2 Å². The Hall–Kier alpha value is -2.03. The van der Waals surface area contributed by atoms with Crippen molar-refractivity contribution in [1.29, 1.82) is 0 Å². The molecule has 0 aliphatic rings. The van der Waals surface area contributed by atoms with Gasteiger partial charge in [0.1, 0.15) is 11.6 Å². The van der Waals surface area contributed by atoms with Crippen LogP contribution in [0.3, 0.4) is 0 Å². The molecule has 0 aliphatic carbocycles. The third-order valence-corrected chi connectivity index (χ3v) is 2.19. The second-order valence-corrected chi connectivity index (χ2v) is 3.26. The molecule has 0 radical (unpaired) electrons. The zero-order chi connectivity index (χ0) is 10.8. The molecule has 2 nitrogen and oxygen atoms in total. The van der Waals surface area contributed by atoms with Crippen molar-refractivity contribution < 1.29 is 9.50 Å². The maximum atomic E-state index is 13.4. The molecule has 0 heterocycles. The maximum absolute atomic E-state index is 13.4. The molecular weight excluding hydrogens is 193 g/mol. The highest BCUT2D eigenvalue weighted by molar-refractivity contribution is 5.72. The van der Waals surface area contributed by atoms with E-state index in [1.807, 2.05) is 0 Å². The summed E-state index contributed by atoms with van der Waals surface area (Å²) in [5, 5.41) is 9.62. The minimum atomic E-state index is -0.363. The largest absolute Gasteiger partial charge is 0.507 e. The summed E-state index contributed by atoms with van der Waals surface area (Å²) in [6.07, 6.45) is 0. The number of rotatable bonds is 1. The summed E-state index contributed by atoms with van der Waals surface area (Å²) < 4.78 is 13.4. The van der Waals surface area contributed by atoms with Gasteiger partial charge < -0.3 is 10.8 Å². The number of nitrogen functional groups attached to an aromatic ring is 1. The summed E-state index contributed by atoms with van der Waals surface area (Å²) in [5.74, 6) is -0.377. The monoisotopic (exact) mass is 203 g/mol. The highest BCUT2D eigenvalue weighted by Gasteiger charge is 2.08. The van der Waals surface area contributed by atoms with Crippen molar-refractivity contribution in [2.75, 3.05) is 5.73 Å². The molecule has 2 aromatic carbocycles. The minimum absolute atomic E-state index is 0.0138. The molecule has 2 aromatic rings. The van der Waals surface area contributed by atoms with E-state index in [-0.39, 0.29) is 11.6 Å². The normalized spacial score (nSPS) is 10.2. The van der Waals surface area contributed by atoms with Gasteiger partial charge in [0.25, 0.3) is 0 Å². The summed E-state index contributed by atoms with van der Waals surface area (Å²) >= 11 is 0. The van der Waals surface area contributed by atoms with E-state index in [1.54, 1.807) is 30.3 Å². The van der Waals surface area contributed by atoms with Crippen LogP contribution in [0.15, 0.2) is 42.5 Å². The van der Waals surface area contributed by atoms with E-state index in [0.717, 1.165) is 0 Å². The van der Waals surface area contributed by atoms with Crippen LogP contribution in [0.1, 0.15) is 0 Å². The van der Waals surface area contributed by atoms with Crippen LogP contribution < -0.4 is 5.73 Å². The molecular formula is C12H10FNO. The molecule has 2 rings (SSSR count). The van der Waals surface area contributed by atoms with Crippen molar-refractivity contribution in [1.82, 2.24) is 0 Å². The van der Waals surface area contributed by atoms with Crippen LogP contribution in [0.4, 0.5) is 10.1 Å². The van der Waals surface area contributed by atoms with Gasteiger partial charge in [0.15, 0.2) is 0 Å². The zero-order valence-electron chi connectivity index (χ0n) is 7.94. The van der Waals surface area contributed by atoms with Gasteiger partial charge in [0, 0.05) is 22.9 Å². The first-order valence-corrected chi connectivity index (χ1v) is 4.52.